The summed E-state index contributed by atoms with van der Waals surface area (Å²) in [6.45, 7) is 0. The van der Waals surface area contributed by atoms with Crippen molar-refractivity contribution in [3.63, 3.8) is 0 Å². The number of hydrogen-bond donors (Lipinski definition) is 8. The fraction of sp³-hybridized carbons (Fsp3) is 0. The number of aromatic hydroxyl groups is 2. The Morgan fingerprint density at radius 2 is 1.00 bits per heavy atom. The molecule has 0 unspecified atom stereocenters. The van der Waals surface area contributed by atoms with Crippen LogP contribution in [0.1, 0.15) is 11.1 Å². The van der Waals surface area contributed by atoms with Gasteiger partial charge in [-0.1, -0.05) is 41.5 Å². The van der Waals surface area contributed by atoms with Gasteiger partial charge in [-0.15, -0.1) is 14.6 Å². The van der Waals surface area contributed by atoms with E-state index in [4.69, 9.17) is 16.7 Å². The number of benzene rings is 6. The number of phenolic OH excluding ortho intramolecular Hbond substituents is 2. The molecular weight excluding hydrogens is 845 g/mol. The van der Waals surface area contributed by atoms with Crippen LogP contribution in [-0.2, 0) is 39.7 Å². The van der Waals surface area contributed by atoms with Crippen LogP contribution in [-0.4, -0.2) is 54.4 Å². The molecule has 24 heteroatoms. The number of nitrogens with two attached hydrogens (primary N) is 2. The molecule has 0 fully saturated rings. The summed E-state index contributed by atoms with van der Waals surface area (Å²) in [7, 11) is -15.0. The summed E-state index contributed by atoms with van der Waals surface area (Å²) in [6.07, 6.45) is 2.17. The maximum Gasteiger partial charge on any atom is 0.296 e. The highest BCUT2D eigenvalue weighted by Gasteiger charge is 2.23. The summed E-state index contributed by atoms with van der Waals surface area (Å²) in [5, 5.41) is 50.6. The van der Waals surface area contributed by atoms with Crippen molar-refractivity contribution in [3.05, 3.63) is 96.1 Å². The van der Waals surface area contributed by atoms with Crippen LogP contribution in [0.15, 0.2) is 125 Å². The number of fused-ring (bicyclic) bond motifs is 2. The van der Waals surface area contributed by atoms with Crippen LogP contribution in [0.4, 0.5) is 34.1 Å². The van der Waals surface area contributed by atoms with E-state index in [0.29, 0.717) is 23.1 Å². The highest BCUT2D eigenvalue weighted by Crippen LogP contribution is 2.45. The average molecular weight is 871 g/mol. The lowest BCUT2D eigenvalue weighted by atomic mass is 10.1. The van der Waals surface area contributed by atoms with Crippen LogP contribution >= 0.6 is 12.0 Å². The molecule has 0 saturated carbocycles. The van der Waals surface area contributed by atoms with Crippen LogP contribution in [0.5, 0.6) is 11.5 Å². The van der Waals surface area contributed by atoms with Crippen molar-refractivity contribution in [1.82, 2.24) is 0 Å². The number of nitrogen functional groups attached to an aromatic ring is 2. The second kappa shape index (κ2) is 16.1. The smallest absolute Gasteiger partial charge is 0.296 e. The first kappa shape index (κ1) is 41.6. The molecule has 0 amide bonds. The second-order valence-corrected chi connectivity index (χ2v) is 16.8. The molecule has 0 heterocycles. The van der Waals surface area contributed by atoms with Gasteiger partial charge in [-0.05, 0) is 82.6 Å². The van der Waals surface area contributed by atoms with Crippen molar-refractivity contribution < 1.29 is 63.8 Å². The second-order valence-electron chi connectivity index (χ2n) is 11.9. The summed E-state index contributed by atoms with van der Waals surface area (Å²) in [4.78, 5) is -2.21. The first-order chi connectivity index (χ1) is 27.2. The van der Waals surface area contributed by atoms with Gasteiger partial charge in [0.15, 0.2) is 11.5 Å². The molecule has 6 rings (SSSR count). The van der Waals surface area contributed by atoms with Gasteiger partial charge < -0.3 is 21.7 Å². The molecule has 0 aliphatic carbocycles. The van der Waals surface area contributed by atoms with E-state index in [1.54, 1.807) is 12.1 Å². The highest BCUT2D eigenvalue weighted by molar-refractivity contribution is 7.94. The van der Waals surface area contributed by atoms with Crippen molar-refractivity contribution in [2.24, 2.45) is 20.5 Å². The molecule has 0 aliphatic rings. The first-order valence-electron chi connectivity index (χ1n) is 15.7. The molecule has 0 aromatic heterocycles. The molecule has 0 aliphatic heterocycles. The quantitative estimate of drug-likeness (QED) is 0.0111. The Kier molecular flexibility index (Phi) is 11.5. The summed E-state index contributed by atoms with van der Waals surface area (Å²) < 4.78 is 109. The van der Waals surface area contributed by atoms with Gasteiger partial charge >= 0.3 is 0 Å². The van der Waals surface area contributed by atoms with Crippen molar-refractivity contribution in [2.45, 2.75) is 19.6 Å². The van der Waals surface area contributed by atoms with Gasteiger partial charge in [0.1, 0.15) is 26.1 Å². The molecule has 6 aromatic rings. The van der Waals surface area contributed by atoms with Gasteiger partial charge in [0, 0.05) is 22.1 Å². The maximum absolute atomic E-state index is 12.5. The topological polar surface area (TPSA) is 344 Å². The Morgan fingerprint density at radius 3 is 1.47 bits per heavy atom. The predicted octanol–water partition coefficient (Wildman–Crippen LogP) is 7.74. The minimum Gasteiger partial charge on any atom is -0.505 e. The molecule has 10 N–H and O–H groups in total. The Labute approximate surface area is 331 Å². The fourth-order valence-corrected chi connectivity index (χ4v) is 8.07. The van der Waals surface area contributed by atoms with Crippen molar-refractivity contribution in [2.75, 3.05) is 11.5 Å². The van der Waals surface area contributed by atoms with Crippen LogP contribution in [0.3, 0.4) is 0 Å². The zero-order valence-corrected chi connectivity index (χ0v) is 32.0. The van der Waals surface area contributed by atoms with Crippen LogP contribution in [0.25, 0.3) is 33.7 Å². The van der Waals surface area contributed by atoms with Gasteiger partial charge in [-0.25, -0.2) is 5.26 Å². The highest BCUT2D eigenvalue weighted by atomic mass is 32.2. The molecule has 0 bridgehead atoms. The van der Waals surface area contributed by atoms with Gasteiger partial charge in [-0.3, -0.25) is 13.7 Å². The van der Waals surface area contributed by atoms with Crippen LogP contribution in [0.2, 0.25) is 0 Å². The number of phenols is 2. The predicted molar refractivity (Wildman–Crippen MR) is 210 cm³/mol. The lowest BCUT2D eigenvalue weighted by Gasteiger charge is -2.10. The van der Waals surface area contributed by atoms with Gasteiger partial charge in [0.2, 0.25) is 0 Å². The summed E-state index contributed by atoms with van der Waals surface area (Å²) in [5.41, 5.74) is 10.4. The maximum atomic E-state index is 12.5. The molecule has 0 saturated heterocycles. The molecule has 20 nitrogen and oxygen atoms in total. The Bertz CT molecular complexity index is 3090. The van der Waals surface area contributed by atoms with Crippen LogP contribution in [0, 0.1) is 0 Å². The largest absolute Gasteiger partial charge is 0.505 e. The zero-order chi connectivity index (χ0) is 42.2. The minimum atomic E-state index is -5.03. The normalized spacial score (nSPS) is 12.8. The van der Waals surface area contributed by atoms with E-state index >= 15 is 0 Å². The average Bonchev–Trinajstić information content (AvgIpc) is 3.15. The van der Waals surface area contributed by atoms with E-state index in [-0.39, 0.29) is 54.9 Å². The number of hydrogen-bond acceptors (Lipinski definition) is 18. The van der Waals surface area contributed by atoms with E-state index in [1.807, 2.05) is 0 Å². The summed E-state index contributed by atoms with van der Waals surface area (Å²) >= 11 is 0.459. The summed E-state index contributed by atoms with van der Waals surface area (Å²) in [6, 6.07) is 17.8. The third-order valence-electron chi connectivity index (χ3n) is 8.11. The third-order valence-corrected chi connectivity index (χ3v) is 11.4. The van der Waals surface area contributed by atoms with Crippen molar-refractivity contribution >= 4 is 110 Å². The third kappa shape index (κ3) is 9.05. The minimum absolute atomic E-state index is 0.0594. The SMILES string of the molecule is Nc1ccc2cc(SOOO)c(N=Nc3ccc(C=Cc4ccc(N=Nc5c(S(=O)(=O)O)cc6ccc(N)cc6c5O)cc4S(=O)(=O)O)c(S(=O)(=O)O)c3)c(O)c2c1. The number of anilines is 2. The number of azo groups is 2. The molecule has 0 radical (unpaired) electrons. The van der Waals surface area contributed by atoms with Crippen molar-refractivity contribution in [3.8, 4) is 11.5 Å². The Balaban J connectivity index is 1.36. The fourth-order valence-electron chi connectivity index (χ4n) is 5.51. The lowest BCUT2D eigenvalue weighted by Crippen LogP contribution is -2.01. The molecule has 0 atom stereocenters. The molecular formula is C34H26N6O14S4. The lowest BCUT2D eigenvalue weighted by molar-refractivity contribution is -0.432. The van der Waals surface area contributed by atoms with Crippen LogP contribution < -0.4 is 11.5 Å². The van der Waals surface area contributed by atoms with E-state index < -0.39 is 62.2 Å². The van der Waals surface area contributed by atoms with Gasteiger partial charge in [0.05, 0.1) is 28.3 Å². The molecule has 0 spiro atoms. The van der Waals surface area contributed by atoms with E-state index in [0.717, 1.165) is 36.4 Å². The number of rotatable bonds is 12. The standard InChI is InChI=1S/C34H26N6O14S4/c35-21-7-3-19-11-27(55-54-53-43)31(33(41)25(19)13-21)39-37-23-9-5-17(28(15-23)56(44,45)46)1-2-18-6-10-24(16-29(18)57(47,48)49)38-40-32-30(58(50,51)52)12-20-4-8-22(36)14-26(20)34(32)42/h1-16,41-43H,35-36H2,(H,44,45,46)(H,47,48,49)(H,50,51,52). The molecule has 6 aromatic carbocycles. The van der Waals surface area contributed by atoms with E-state index in [9.17, 15) is 49.1 Å². The zero-order valence-electron chi connectivity index (χ0n) is 28.8. The monoisotopic (exact) mass is 870 g/mol. The van der Waals surface area contributed by atoms with Gasteiger partial charge in [-0.2, -0.15) is 35.5 Å². The Hall–Kier alpha value is -6.06. The van der Waals surface area contributed by atoms with Gasteiger partial charge in [0.25, 0.3) is 30.4 Å². The molecule has 300 valence electrons. The number of nitrogens with zero attached hydrogens (tertiary/aromatic N) is 4. The Morgan fingerprint density at radius 1 is 0.552 bits per heavy atom. The summed E-state index contributed by atoms with van der Waals surface area (Å²) in [5.74, 6) is -1.13. The first-order valence-corrected chi connectivity index (χ1v) is 20.8. The van der Waals surface area contributed by atoms with E-state index in [1.165, 1.54) is 48.5 Å². The van der Waals surface area contributed by atoms with Crippen molar-refractivity contribution in [1.29, 1.82) is 0 Å². The van der Waals surface area contributed by atoms with E-state index in [2.05, 4.69) is 29.8 Å². The molecule has 58 heavy (non-hydrogen) atoms.